The number of piperidine rings is 1. The van der Waals surface area contributed by atoms with Crippen molar-refractivity contribution in [3.8, 4) is 0 Å². The largest absolute Gasteiger partial charge is 0.365 e. The minimum atomic E-state index is -0.513. The molecule has 110 valence electrons. The summed E-state index contributed by atoms with van der Waals surface area (Å²) in [6.07, 6.45) is 3.48. The lowest BCUT2D eigenvalue weighted by Gasteiger charge is -2.33. The maximum Gasteiger partial charge on any atom is 0.252 e. The number of hydrogen-bond donors (Lipinski definition) is 1. The highest BCUT2D eigenvalue weighted by Crippen LogP contribution is 2.28. The third-order valence-electron chi connectivity index (χ3n) is 3.73. The topological polar surface area (TPSA) is 72.1 Å². The van der Waals surface area contributed by atoms with Crippen LogP contribution in [0.3, 0.4) is 0 Å². The summed E-state index contributed by atoms with van der Waals surface area (Å²) in [5, 5.41) is 8.07. The van der Waals surface area contributed by atoms with E-state index in [2.05, 4.69) is 28.9 Å². The molecule has 1 aromatic heterocycles. The van der Waals surface area contributed by atoms with Crippen molar-refractivity contribution in [2.75, 3.05) is 18.0 Å². The summed E-state index contributed by atoms with van der Waals surface area (Å²) < 4.78 is 0. The predicted molar refractivity (Wildman–Crippen MR) is 80.0 cm³/mol. The van der Waals surface area contributed by atoms with Crippen molar-refractivity contribution in [1.29, 1.82) is 0 Å². The van der Waals surface area contributed by atoms with Crippen LogP contribution in [0.15, 0.2) is 6.07 Å². The van der Waals surface area contributed by atoms with Gasteiger partial charge in [-0.05, 0) is 37.2 Å². The summed E-state index contributed by atoms with van der Waals surface area (Å²) in [6.45, 7) is 6.27. The Hall–Kier alpha value is -1.36. The van der Waals surface area contributed by atoms with Crippen molar-refractivity contribution >= 4 is 23.3 Å². The highest BCUT2D eigenvalue weighted by atomic mass is 35.5. The molecule has 1 saturated heterocycles. The number of carbonyl (C=O) groups excluding carboxylic acids is 1. The van der Waals surface area contributed by atoms with E-state index in [1.807, 2.05) is 0 Å². The number of amides is 1. The lowest BCUT2D eigenvalue weighted by atomic mass is 9.88. The Morgan fingerprint density at radius 2 is 2.10 bits per heavy atom. The molecule has 0 aliphatic carbocycles. The molecule has 6 heteroatoms. The average molecular weight is 297 g/mol. The Kier molecular flexibility index (Phi) is 4.81. The van der Waals surface area contributed by atoms with Gasteiger partial charge >= 0.3 is 0 Å². The Labute approximate surface area is 124 Å². The summed E-state index contributed by atoms with van der Waals surface area (Å²) in [7, 11) is 0. The Morgan fingerprint density at radius 1 is 1.45 bits per heavy atom. The number of hydrogen-bond acceptors (Lipinski definition) is 4. The smallest absolute Gasteiger partial charge is 0.252 e. The quantitative estimate of drug-likeness (QED) is 0.926. The van der Waals surface area contributed by atoms with Crippen LogP contribution in [0.5, 0.6) is 0 Å². The molecular weight excluding hydrogens is 276 g/mol. The first-order valence-corrected chi connectivity index (χ1v) is 7.43. The second-order valence-corrected chi connectivity index (χ2v) is 6.22. The molecule has 1 amide bonds. The first-order valence-electron chi connectivity index (χ1n) is 7.05. The lowest BCUT2D eigenvalue weighted by molar-refractivity contribution is 0.1000. The van der Waals surface area contributed by atoms with Gasteiger partial charge in [0.15, 0.2) is 11.0 Å². The van der Waals surface area contributed by atoms with Crippen molar-refractivity contribution in [1.82, 2.24) is 10.2 Å². The minimum Gasteiger partial charge on any atom is -0.365 e. The van der Waals surface area contributed by atoms with Crippen molar-refractivity contribution in [3.63, 3.8) is 0 Å². The van der Waals surface area contributed by atoms with Gasteiger partial charge in [0.05, 0.1) is 5.56 Å². The van der Waals surface area contributed by atoms with Gasteiger partial charge in [0.2, 0.25) is 0 Å². The Morgan fingerprint density at radius 3 is 2.65 bits per heavy atom. The van der Waals surface area contributed by atoms with Crippen LogP contribution in [-0.2, 0) is 0 Å². The third kappa shape index (κ3) is 3.60. The normalized spacial score (nSPS) is 16.7. The first kappa shape index (κ1) is 15.0. The van der Waals surface area contributed by atoms with Crippen molar-refractivity contribution in [2.45, 2.75) is 33.1 Å². The molecule has 0 bridgehead atoms. The van der Waals surface area contributed by atoms with E-state index >= 15 is 0 Å². The van der Waals surface area contributed by atoms with E-state index < -0.39 is 5.91 Å². The lowest BCUT2D eigenvalue weighted by Crippen LogP contribution is -2.36. The van der Waals surface area contributed by atoms with Crippen LogP contribution in [0.1, 0.15) is 43.5 Å². The van der Waals surface area contributed by atoms with E-state index in [9.17, 15) is 4.79 Å². The second-order valence-electron chi connectivity index (χ2n) is 5.83. The van der Waals surface area contributed by atoms with E-state index in [0.717, 1.165) is 37.8 Å². The molecule has 2 N–H and O–H groups in total. The fourth-order valence-electron chi connectivity index (χ4n) is 2.82. The van der Waals surface area contributed by atoms with E-state index in [0.29, 0.717) is 11.4 Å². The highest BCUT2D eigenvalue weighted by Gasteiger charge is 2.24. The van der Waals surface area contributed by atoms with Gasteiger partial charge in [0, 0.05) is 13.1 Å². The molecule has 20 heavy (non-hydrogen) atoms. The monoisotopic (exact) mass is 296 g/mol. The minimum absolute atomic E-state index is 0.192. The summed E-state index contributed by atoms with van der Waals surface area (Å²) >= 11 is 5.78. The van der Waals surface area contributed by atoms with Crippen LogP contribution >= 0.6 is 11.6 Å². The van der Waals surface area contributed by atoms with Crippen LogP contribution in [0.2, 0.25) is 5.15 Å². The van der Waals surface area contributed by atoms with Crippen LogP contribution in [0.4, 0.5) is 5.82 Å². The molecule has 0 radical (unpaired) electrons. The number of primary amides is 1. The molecule has 1 aromatic rings. The number of halogens is 1. The molecule has 2 heterocycles. The maximum absolute atomic E-state index is 11.5. The molecule has 1 aliphatic heterocycles. The average Bonchev–Trinajstić information content (AvgIpc) is 2.39. The zero-order valence-corrected chi connectivity index (χ0v) is 12.7. The zero-order valence-electron chi connectivity index (χ0n) is 12.0. The SMILES string of the molecule is CC(C)CC1CCN(c2nnc(Cl)cc2C(N)=O)CC1. The fraction of sp³-hybridized carbons (Fsp3) is 0.643. The third-order valence-corrected chi connectivity index (χ3v) is 3.91. The molecule has 0 unspecified atom stereocenters. The number of aromatic nitrogens is 2. The van der Waals surface area contributed by atoms with Gasteiger partial charge in [-0.3, -0.25) is 4.79 Å². The molecule has 0 atom stereocenters. The number of rotatable bonds is 4. The highest BCUT2D eigenvalue weighted by molar-refractivity contribution is 6.29. The Bertz CT molecular complexity index is 484. The van der Waals surface area contributed by atoms with Crippen molar-refractivity contribution < 1.29 is 4.79 Å². The zero-order chi connectivity index (χ0) is 14.7. The van der Waals surface area contributed by atoms with E-state index in [1.165, 1.54) is 12.5 Å². The molecular formula is C14H21ClN4O. The van der Waals surface area contributed by atoms with Gasteiger partial charge < -0.3 is 10.6 Å². The second kappa shape index (κ2) is 6.39. The van der Waals surface area contributed by atoms with Gasteiger partial charge in [-0.25, -0.2) is 0 Å². The standard InChI is InChI=1S/C14H21ClN4O/c1-9(2)7-10-3-5-19(6-4-10)14-11(13(16)20)8-12(15)17-18-14/h8-10H,3-7H2,1-2H3,(H2,16,20). The fourth-order valence-corrected chi connectivity index (χ4v) is 2.97. The maximum atomic E-state index is 11.5. The number of nitrogens with two attached hydrogens (primary N) is 1. The summed E-state index contributed by atoms with van der Waals surface area (Å²) in [5.41, 5.74) is 5.75. The van der Waals surface area contributed by atoms with Crippen molar-refractivity contribution in [2.24, 2.45) is 17.6 Å². The number of nitrogens with zero attached hydrogens (tertiary/aromatic N) is 3. The summed E-state index contributed by atoms with van der Waals surface area (Å²) in [4.78, 5) is 13.6. The van der Waals surface area contributed by atoms with Crippen LogP contribution in [0, 0.1) is 11.8 Å². The Balaban J connectivity index is 2.09. The molecule has 2 rings (SSSR count). The summed E-state index contributed by atoms with van der Waals surface area (Å²) in [6, 6.07) is 1.49. The van der Waals surface area contributed by atoms with E-state index in [1.54, 1.807) is 0 Å². The van der Waals surface area contributed by atoms with E-state index in [-0.39, 0.29) is 5.15 Å². The molecule has 1 aliphatic rings. The van der Waals surface area contributed by atoms with Crippen LogP contribution < -0.4 is 10.6 Å². The van der Waals surface area contributed by atoms with Gasteiger partial charge in [0.1, 0.15) is 0 Å². The van der Waals surface area contributed by atoms with Crippen LogP contribution in [-0.4, -0.2) is 29.2 Å². The molecule has 5 nitrogen and oxygen atoms in total. The van der Waals surface area contributed by atoms with Gasteiger partial charge in [-0.1, -0.05) is 25.4 Å². The van der Waals surface area contributed by atoms with Gasteiger partial charge in [-0.15, -0.1) is 10.2 Å². The van der Waals surface area contributed by atoms with Gasteiger partial charge in [0.25, 0.3) is 5.91 Å². The van der Waals surface area contributed by atoms with E-state index in [4.69, 9.17) is 17.3 Å². The molecule has 0 aromatic carbocycles. The molecule has 0 spiro atoms. The van der Waals surface area contributed by atoms with Crippen LogP contribution in [0.25, 0.3) is 0 Å². The van der Waals surface area contributed by atoms with Crippen molar-refractivity contribution in [3.05, 3.63) is 16.8 Å². The molecule has 0 saturated carbocycles. The number of carbonyl (C=O) groups is 1. The predicted octanol–water partition coefficient (Wildman–Crippen LogP) is 2.49. The number of anilines is 1. The first-order chi connectivity index (χ1) is 9.47. The molecule has 1 fully saturated rings. The summed E-state index contributed by atoms with van der Waals surface area (Å²) in [5.74, 6) is 1.53. The van der Waals surface area contributed by atoms with Gasteiger partial charge in [-0.2, -0.15) is 0 Å².